The van der Waals surface area contributed by atoms with E-state index < -0.39 is 17.5 Å². The van der Waals surface area contributed by atoms with Gasteiger partial charge in [0, 0.05) is 29.7 Å². The van der Waals surface area contributed by atoms with Crippen molar-refractivity contribution < 1.29 is 13.6 Å². The second-order valence-corrected chi connectivity index (χ2v) is 5.27. The van der Waals surface area contributed by atoms with Gasteiger partial charge in [0.1, 0.15) is 11.6 Å². The monoisotopic (exact) mass is 339 g/mol. The Morgan fingerprint density at radius 2 is 1.75 bits per heavy atom. The average Bonchev–Trinajstić information content (AvgIpc) is 2.39. The highest BCUT2D eigenvalue weighted by molar-refractivity contribution is 9.10. The molecule has 5 heteroatoms. The van der Waals surface area contributed by atoms with Crippen LogP contribution in [-0.4, -0.2) is 17.9 Å². The minimum atomic E-state index is -0.761. The van der Waals surface area contributed by atoms with Crippen LogP contribution in [0.4, 0.5) is 8.78 Å². The van der Waals surface area contributed by atoms with Crippen molar-refractivity contribution in [2.75, 3.05) is 7.05 Å². The molecular formula is C15H12BrF2NO. The lowest BCUT2D eigenvalue weighted by Gasteiger charge is -2.18. The van der Waals surface area contributed by atoms with Crippen LogP contribution in [0, 0.1) is 11.6 Å². The third kappa shape index (κ3) is 3.42. The van der Waals surface area contributed by atoms with E-state index in [1.807, 2.05) is 24.3 Å². The zero-order valence-electron chi connectivity index (χ0n) is 10.7. The first-order valence-electron chi connectivity index (χ1n) is 5.92. The minimum Gasteiger partial charge on any atom is -0.337 e. The van der Waals surface area contributed by atoms with Crippen LogP contribution in [0.5, 0.6) is 0 Å². The summed E-state index contributed by atoms with van der Waals surface area (Å²) in [6, 6.07) is 10.3. The molecule has 0 aliphatic rings. The number of hydrogen-bond donors (Lipinski definition) is 0. The Balaban J connectivity index is 2.18. The van der Waals surface area contributed by atoms with Crippen LogP contribution >= 0.6 is 15.9 Å². The molecule has 0 heterocycles. The van der Waals surface area contributed by atoms with Gasteiger partial charge in [-0.25, -0.2) is 8.78 Å². The van der Waals surface area contributed by atoms with Crippen molar-refractivity contribution in [2.45, 2.75) is 6.54 Å². The van der Waals surface area contributed by atoms with Crippen molar-refractivity contribution in [2.24, 2.45) is 0 Å². The number of benzene rings is 2. The molecule has 0 aliphatic carbocycles. The van der Waals surface area contributed by atoms with Gasteiger partial charge in [-0.1, -0.05) is 34.1 Å². The van der Waals surface area contributed by atoms with Gasteiger partial charge in [0.15, 0.2) is 0 Å². The molecule has 0 saturated carbocycles. The predicted molar refractivity (Wildman–Crippen MR) is 76.3 cm³/mol. The highest BCUT2D eigenvalue weighted by Crippen LogP contribution is 2.18. The Hall–Kier alpha value is -1.75. The summed E-state index contributed by atoms with van der Waals surface area (Å²) in [6.07, 6.45) is 0. The fraction of sp³-hybridized carbons (Fsp3) is 0.133. The molecule has 104 valence electrons. The van der Waals surface area contributed by atoms with Gasteiger partial charge >= 0.3 is 0 Å². The first-order valence-corrected chi connectivity index (χ1v) is 6.71. The van der Waals surface area contributed by atoms with Crippen LogP contribution in [0.25, 0.3) is 0 Å². The van der Waals surface area contributed by atoms with E-state index in [0.29, 0.717) is 6.54 Å². The molecule has 0 aromatic heterocycles. The lowest BCUT2D eigenvalue weighted by atomic mass is 10.1. The lowest BCUT2D eigenvalue weighted by molar-refractivity contribution is 0.0784. The molecular weight excluding hydrogens is 328 g/mol. The van der Waals surface area contributed by atoms with Gasteiger partial charge in [-0.3, -0.25) is 4.79 Å². The summed E-state index contributed by atoms with van der Waals surface area (Å²) in [4.78, 5) is 13.6. The van der Waals surface area contributed by atoms with Crippen molar-refractivity contribution in [3.63, 3.8) is 0 Å². The Bertz CT molecular complexity index is 625. The minimum absolute atomic E-state index is 0.00273. The SMILES string of the molecule is CN(Cc1ccccc1Br)C(=O)c1cc(F)cc(F)c1. The number of carbonyl (C=O) groups is 1. The molecule has 0 N–H and O–H groups in total. The molecule has 0 spiro atoms. The zero-order valence-corrected chi connectivity index (χ0v) is 12.3. The highest BCUT2D eigenvalue weighted by Gasteiger charge is 2.15. The van der Waals surface area contributed by atoms with Crippen LogP contribution in [0.3, 0.4) is 0 Å². The van der Waals surface area contributed by atoms with Crippen LogP contribution in [0.1, 0.15) is 15.9 Å². The molecule has 2 nitrogen and oxygen atoms in total. The van der Waals surface area contributed by atoms with Crippen LogP contribution in [0.15, 0.2) is 46.9 Å². The summed E-state index contributed by atoms with van der Waals surface area (Å²) < 4.78 is 27.1. The Labute approximate surface area is 124 Å². The molecule has 2 rings (SSSR count). The number of hydrogen-bond acceptors (Lipinski definition) is 1. The predicted octanol–water partition coefficient (Wildman–Crippen LogP) is 4.00. The first-order chi connectivity index (χ1) is 9.47. The molecule has 20 heavy (non-hydrogen) atoms. The van der Waals surface area contributed by atoms with E-state index in [-0.39, 0.29) is 5.56 Å². The van der Waals surface area contributed by atoms with E-state index in [1.165, 1.54) is 4.90 Å². The van der Waals surface area contributed by atoms with Crippen LogP contribution in [-0.2, 0) is 6.54 Å². The van der Waals surface area contributed by atoms with E-state index in [4.69, 9.17) is 0 Å². The molecule has 2 aromatic carbocycles. The molecule has 0 fully saturated rings. The highest BCUT2D eigenvalue weighted by atomic mass is 79.9. The molecule has 2 aromatic rings. The second kappa shape index (κ2) is 6.13. The van der Waals surface area contributed by atoms with Gasteiger partial charge in [0.2, 0.25) is 0 Å². The number of halogens is 3. The van der Waals surface area contributed by atoms with Crippen molar-refractivity contribution in [3.05, 3.63) is 69.7 Å². The molecule has 0 aliphatic heterocycles. The Morgan fingerprint density at radius 3 is 2.35 bits per heavy atom. The van der Waals surface area contributed by atoms with E-state index in [9.17, 15) is 13.6 Å². The van der Waals surface area contributed by atoms with Crippen molar-refractivity contribution in [1.29, 1.82) is 0 Å². The fourth-order valence-electron chi connectivity index (χ4n) is 1.85. The summed E-state index contributed by atoms with van der Waals surface area (Å²) in [5, 5.41) is 0. The second-order valence-electron chi connectivity index (χ2n) is 4.41. The van der Waals surface area contributed by atoms with Gasteiger partial charge in [-0.15, -0.1) is 0 Å². The smallest absolute Gasteiger partial charge is 0.254 e. The summed E-state index contributed by atoms with van der Waals surface area (Å²) in [7, 11) is 1.59. The van der Waals surface area contributed by atoms with Gasteiger partial charge in [-0.2, -0.15) is 0 Å². The largest absolute Gasteiger partial charge is 0.337 e. The molecule has 1 amide bonds. The Kier molecular flexibility index (Phi) is 4.49. The number of amides is 1. The molecule has 0 bridgehead atoms. The molecule has 0 radical (unpaired) electrons. The maximum atomic E-state index is 13.1. The summed E-state index contributed by atoms with van der Waals surface area (Å²) in [5.74, 6) is -1.95. The number of carbonyl (C=O) groups excluding carboxylic acids is 1. The summed E-state index contributed by atoms with van der Waals surface area (Å²) in [6.45, 7) is 0.346. The van der Waals surface area contributed by atoms with E-state index >= 15 is 0 Å². The normalized spacial score (nSPS) is 10.4. The first kappa shape index (κ1) is 14.7. The molecule has 0 unspecified atom stereocenters. The van der Waals surface area contributed by atoms with E-state index in [0.717, 1.165) is 28.2 Å². The third-order valence-electron chi connectivity index (χ3n) is 2.82. The average molecular weight is 340 g/mol. The van der Waals surface area contributed by atoms with Gasteiger partial charge in [0.05, 0.1) is 0 Å². The quantitative estimate of drug-likeness (QED) is 0.827. The van der Waals surface area contributed by atoms with Crippen molar-refractivity contribution in [3.8, 4) is 0 Å². The number of rotatable bonds is 3. The maximum absolute atomic E-state index is 13.1. The van der Waals surface area contributed by atoms with Crippen molar-refractivity contribution >= 4 is 21.8 Å². The van der Waals surface area contributed by atoms with E-state index in [2.05, 4.69) is 15.9 Å². The molecule has 0 atom stereocenters. The van der Waals surface area contributed by atoms with Crippen LogP contribution in [0.2, 0.25) is 0 Å². The van der Waals surface area contributed by atoms with Gasteiger partial charge < -0.3 is 4.90 Å². The standard InChI is InChI=1S/C15H12BrF2NO/c1-19(9-10-4-2-3-5-14(10)16)15(20)11-6-12(17)8-13(18)7-11/h2-8H,9H2,1H3. The maximum Gasteiger partial charge on any atom is 0.254 e. The fourth-order valence-corrected chi connectivity index (χ4v) is 2.26. The van der Waals surface area contributed by atoms with Crippen molar-refractivity contribution in [1.82, 2.24) is 4.90 Å². The Morgan fingerprint density at radius 1 is 1.15 bits per heavy atom. The zero-order chi connectivity index (χ0) is 14.7. The van der Waals surface area contributed by atoms with Gasteiger partial charge in [-0.05, 0) is 23.8 Å². The topological polar surface area (TPSA) is 20.3 Å². The van der Waals surface area contributed by atoms with Crippen LogP contribution < -0.4 is 0 Å². The summed E-state index contributed by atoms with van der Waals surface area (Å²) >= 11 is 3.40. The lowest BCUT2D eigenvalue weighted by Crippen LogP contribution is -2.26. The molecule has 0 saturated heterocycles. The van der Waals surface area contributed by atoms with Gasteiger partial charge in [0.25, 0.3) is 5.91 Å². The third-order valence-corrected chi connectivity index (χ3v) is 3.60. The summed E-state index contributed by atoms with van der Waals surface area (Å²) in [5.41, 5.74) is 0.914. The van der Waals surface area contributed by atoms with E-state index in [1.54, 1.807) is 7.05 Å². The number of nitrogens with zero attached hydrogens (tertiary/aromatic N) is 1.